The van der Waals surface area contributed by atoms with Crippen LogP contribution in [0.3, 0.4) is 0 Å². The number of halogens is 1. The normalized spacial score (nSPS) is 15.7. The number of nitrogens with two attached hydrogens (primary N) is 1. The average Bonchev–Trinajstić information content (AvgIpc) is 2.46. The molecule has 1 aromatic heterocycles. The maximum Gasteiger partial charge on any atom is 0.0701 e. The minimum absolute atomic E-state index is 0.218. The van der Waals surface area contributed by atoms with Gasteiger partial charge in [-0.15, -0.1) is 11.3 Å². The van der Waals surface area contributed by atoms with E-state index in [2.05, 4.69) is 41.9 Å². The molecule has 1 rings (SSSR count). The maximum absolute atomic E-state index is 5.93. The second kappa shape index (κ2) is 5.39. The third kappa shape index (κ3) is 3.27. The summed E-state index contributed by atoms with van der Waals surface area (Å²) in [5.74, 6) is 1.11. The van der Waals surface area contributed by atoms with E-state index in [4.69, 9.17) is 5.73 Å². The van der Waals surface area contributed by atoms with E-state index in [0.29, 0.717) is 5.25 Å². The van der Waals surface area contributed by atoms with E-state index < -0.39 is 0 Å². The first-order valence-electron chi connectivity index (χ1n) is 4.27. The van der Waals surface area contributed by atoms with Gasteiger partial charge in [-0.25, -0.2) is 0 Å². The summed E-state index contributed by atoms with van der Waals surface area (Å²) in [5, 5.41) is 0.446. The quantitative estimate of drug-likeness (QED) is 0.911. The average molecular weight is 280 g/mol. The van der Waals surface area contributed by atoms with Crippen molar-refractivity contribution in [1.29, 1.82) is 0 Å². The van der Waals surface area contributed by atoms with Crippen molar-refractivity contribution in [3.8, 4) is 0 Å². The van der Waals surface area contributed by atoms with Crippen molar-refractivity contribution >= 4 is 39.0 Å². The fourth-order valence-corrected chi connectivity index (χ4v) is 3.93. The first-order valence-corrected chi connectivity index (χ1v) is 6.93. The Kier molecular flexibility index (Phi) is 4.80. The first kappa shape index (κ1) is 11.6. The zero-order valence-corrected chi connectivity index (χ0v) is 11.0. The van der Waals surface area contributed by atoms with E-state index >= 15 is 0 Å². The molecule has 0 aliphatic heterocycles. The minimum atomic E-state index is 0.218. The lowest BCUT2D eigenvalue weighted by Crippen LogP contribution is -2.22. The Morgan fingerprint density at radius 3 is 2.69 bits per heavy atom. The Morgan fingerprint density at radius 1 is 1.62 bits per heavy atom. The third-order valence-corrected chi connectivity index (χ3v) is 4.93. The summed E-state index contributed by atoms with van der Waals surface area (Å²) in [4.78, 5) is 1.37. The molecule has 1 nitrogen and oxygen atoms in total. The van der Waals surface area contributed by atoms with Crippen molar-refractivity contribution < 1.29 is 0 Å². The van der Waals surface area contributed by atoms with Gasteiger partial charge >= 0.3 is 0 Å². The smallest absolute Gasteiger partial charge is 0.0701 e. The summed E-state index contributed by atoms with van der Waals surface area (Å²) in [6.07, 6.45) is 0. The van der Waals surface area contributed by atoms with Gasteiger partial charge in [-0.3, -0.25) is 0 Å². The fourth-order valence-electron chi connectivity index (χ4n) is 1.15. The van der Waals surface area contributed by atoms with Gasteiger partial charge in [0.05, 0.1) is 9.04 Å². The Hall–Kier alpha value is 0.490. The van der Waals surface area contributed by atoms with Gasteiger partial charge in [-0.05, 0) is 40.7 Å². The van der Waals surface area contributed by atoms with E-state index in [0.717, 1.165) is 5.75 Å². The molecule has 0 fully saturated rings. The van der Waals surface area contributed by atoms with Gasteiger partial charge < -0.3 is 5.73 Å². The lowest BCUT2D eigenvalue weighted by molar-refractivity contribution is 0.730. The van der Waals surface area contributed by atoms with E-state index in [1.54, 1.807) is 11.3 Å². The Bertz CT molecular complexity index is 260. The number of rotatable bonds is 4. The Labute approximate surface area is 96.2 Å². The topological polar surface area (TPSA) is 26.0 Å². The molecule has 1 aromatic rings. The zero-order valence-electron chi connectivity index (χ0n) is 7.79. The molecule has 0 radical (unpaired) electrons. The largest absolute Gasteiger partial charge is 0.327 e. The number of hydrogen-bond donors (Lipinski definition) is 1. The van der Waals surface area contributed by atoms with Gasteiger partial charge in [0.1, 0.15) is 0 Å². The summed E-state index contributed by atoms with van der Waals surface area (Å²) < 4.78 is 1.19. The van der Waals surface area contributed by atoms with Crippen LogP contribution < -0.4 is 5.73 Å². The molecule has 2 unspecified atom stereocenters. The number of hydrogen-bond acceptors (Lipinski definition) is 3. The van der Waals surface area contributed by atoms with E-state index in [1.807, 2.05) is 11.8 Å². The van der Waals surface area contributed by atoms with Crippen molar-refractivity contribution in [3.05, 3.63) is 20.8 Å². The molecule has 4 heteroatoms. The highest BCUT2D eigenvalue weighted by Gasteiger charge is 2.17. The van der Waals surface area contributed by atoms with Crippen LogP contribution in [0.1, 0.15) is 24.0 Å². The summed E-state index contributed by atoms with van der Waals surface area (Å²) in [6.45, 7) is 4.24. The molecule has 0 aromatic carbocycles. The predicted octanol–water partition coefficient (Wildman–Crippen LogP) is 3.65. The minimum Gasteiger partial charge on any atom is -0.327 e. The Balaban J connectivity index is 2.75. The SMILES string of the molecule is CCSC(c1ccc(Br)s1)C(C)N. The van der Waals surface area contributed by atoms with Gasteiger partial charge in [0, 0.05) is 10.9 Å². The van der Waals surface area contributed by atoms with Gasteiger partial charge in [0.25, 0.3) is 0 Å². The highest BCUT2D eigenvalue weighted by Crippen LogP contribution is 2.37. The molecule has 0 aliphatic rings. The second-order valence-electron chi connectivity index (χ2n) is 2.88. The molecule has 0 saturated carbocycles. The third-order valence-electron chi connectivity index (χ3n) is 1.70. The first-order chi connectivity index (χ1) is 6.15. The van der Waals surface area contributed by atoms with Crippen LogP contribution in [0.5, 0.6) is 0 Å². The molecule has 2 N–H and O–H groups in total. The molecule has 0 amide bonds. The molecular formula is C9H14BrNS2. The Morgan fingerprint density at radius 2 is 2.31 bits per heavy atom. The van der Waals surface area contributed by atoms with Crippen LogP contribution in [0.25, 0.3) is 0 Å². The summed E-state index contributed by atoms with van der Waals surface area (Å²) in [5.41, 5.74) is 5.93. The standard InChI is InChI=1S/C9H14BrNS2/c1-3-12-9(6(2)11)7-4-5-8(10)13-7/h4-6,9H,3,11H2,1-2H3. The van der Waals surface area contributed by atoms with Gasteiger partial charge in [0.2, 0.25) is 0 Å². The van der Waals surface area contributed by atoms with Gasteiger partial charge in [0.15, 0.2) is 0 Å². The molecule has 0 bridgehead atoms. The summed E-state index contributed by atoms with van der Waals surface area (Å²) >= 11 is 7.16. The predicted molar refractivity (Wildman–Crippen MR) is 66.5 cm³/mol. The summed E-state index contributed by atoms with van der Waals surface area (Å²) in [7, 11) is 0. The number of thiophene rings is 1. The lowest BCUT2D eigenvalue weighted by atomic mass is 10.2. The highest BCUT2D eigenvalue weighted by molar-refractivity contribution is 9.11. The van der Waals surface area contributed by atoms with Crippen LogP contribution in [0, 0.1) is 0 Å². The van der Waals surface area contributed by atoms with Crippen molar-refractivity contribution in [2.75, 3.05) is 5.75 Å². The molecule has 1 heterocycles. The highest BCUT2D eigenvalue weighted by atomic mass is 79.9. The van der Waals surface area contributed by atoms with Crippen molar-refractivity contribution in [3.63, 3.8) is 0 Å². The molecule has 2 atom stereocenters. The maximum atomic E-state index is 5.93. The van der Waals surface area contributed by atoms with Crippen LogP contribution in [0.4, 0.5) is 0 Å². The lowest BCUT2D eigenvalue weighted by Gasteiger charge is -2.17. The van der Waals surface area contributed by atoms with Crippen LogP contribution in [-0.4, -0.2) is 11.8 Å². The molecule has 74 valence electrons. The van der Waals surface area contributed by atoms with E-state index in [-0.39, 0.29) is 6.04 Å². The van der Waals surface area contributed by atoms with Crippen molar-refractivity contribution in [2.45, 2.75) is 25.1 Å². The van der Waals surface area contributed by atoms with Crippen LogP contribution in [-0.2, 0) is 0 Å². The van der Waals surface area contributed by atoms with Crippen LogP contribution in [0.15, 0.2) is 15.9 Å². The molecule has 0 spiro atoms. The van der Waals surface area contributed by atoms with Gasteiger partial charge in [-0.1, -0.05) is 6.92 Å². The fraction of sp³-hybridized carbons (Fsp3) is 0.556. The molecule has 13 heavy (non-hydrogen) atoms. The second-order valence-corrected chi connectivity index (χ2v) is 6.79. The van der Waals surface area contributed by atoms with Crippen LogP contribution in [0.2, 0.25) is 0 Å². The number of thioether (sulfide) groups is 1. The summed E-state index contributed by atoms with van der Waals surface area (Å²) in [6, 6.07) is 4.47. The molecular weight excluding hydrogens is 266 g/mol. The zero-order chi connectivity index (χ0) is 9.84. The monoisotopic (exact) mass is 279 g/mol. The van der Waals surface area contributed by atoms with E-state index in [1.165, 1.54) is 8.66 Å². The van der Waals surface area contributed by atoms with Crippen molar-refractivity contribution in [2.24, 2.45) is 5.73 Å². The van der Waals surface area contributed by atoms with Crippen molar-refractivity contribution in [1.82, 2.24) is 0 Å². The van der Waals surface area contributed by atoms with Crippen LogP contribution >= 0.6 is 39.0 Å². The van der Waals surface area contributed by atoms with Gasteiger partial charge in [-0.2, -0.15) is 11.8 Å². The van der Waals surface area contributed by atoms with E-state index in [9.17, 15) is 0 Å². The molecule has 0 aliphatic carbocycles. The molecule has 0 saturated heterocycles.